The summed E-state index contributed by atoms with van der Waals surface area (Å²) in [6.45, 7) is 7.58. The minimum Gasteiger partial charge on any atom is -0.460 e. The van der Waals surface area contributed by atoms with Crippen molar-refractivity contribution in [3.05, 3.63) is 29.8 Å². The molecule has 1 N–H and O–H groups in total. The second kappa shape index (κ2) is 12.0. The van der Waals surface area contributed by atoms with Gasteiger partial charge in [0, 0.05) is 12.3 Å². The van der Waals surface area contributed by atoms with Crippen LogP contribution in [0.3, 0.4) is 0 Å². The van der Waals surface area contributed by atoms with E-state index >= 15 is 0 Å². The molecule has 0 radical (unpaired) electrons. The van der Waals surface area contributed by atoms with Gasteiger partial charge >= 0.3 is 5.97 Å². The molecule has 1 heterocycles. The highest BCUT2D eigenvalue weighted by Gasteiger charge is 2.36. The average molecular weight is 447 g/mol. The summed E-state index contributed by atoms with van der Waals surface area (Å²) in [5.41, 5.74) is 0.996. The largest absolute Gasteiger partial charge is 0.460 e. The number of esters is 1. The highest BCUT2D eigenvalue weighted by molar-refractivity contribution is 6.00. The summed E-state index contributed by atoms with van der Waals surface area (Å²) in [5, 5.41) is 4.10. The molecular weight excluding hydrogens is 408 g/mol. The number of ether oxygens (including phenoxy) is 1. The van der Waals surface area contributed by atoms with E-state index in [4.69, 9.17) is 9.57 Å². The van der Waals surface area contributed by atoms with Crippen molar-refractivity contribution in [3.8, 4) is 0 Å². The number of anilines is 1. The van der Waals surface area contributed by atoms with Crippen LogP contribution in [-0.4, -0.2) is 36.5 Å². The fourth-order valence-electron chi connectivity index (χ4n) is 3.94. The van der Waals surface area contributed by atoms with E-state index in [0.717, 1.165) is 37.7 Å². The molecule has 7 nitrogen and oxygen atoms in total. The molecule has 0 unspecified atom stereocenters. The summed E-state index contributed by atoms with van der Waals surface area (Å²) >= 11 is 0. The number of fused-ring (bicyclic) bond motifs is 1. The van der Waals surface area contributed by atoms with Gasteiger partial charge in [-0.05, 0) is 38.8 Å². The molecule has 1 aliphatic heterocycles. The van der Waals surface area contributed by atoms with E-state index in [-0.39, 0.29) is 18.2 Å². The first-order chi connectivity index (χ1) is 15.2. The number of para-hydroxylation sites is 1. The molecule has 0 bridgehead atoms. The minimum atomic E-state index is -0.737. The third-order valence-corrected chi connectivity index (χ3v) is 5.49. The van der Waals surface area contributed by atoms with Crippen LogP contribution >= 0.6 is 0 Å². The van der Waals surface area contributed by atoms with Crippen molar-refractivity contribution in [2.45, 2.75) is 90.7 Å². The van der Waals surface area contributed by atoms with Crippen LogP contribution in [0.15, 0.2) is 24.3 Å². The van der Waals surface area contributed by atoms with Crippen LogP contribution in [0.25, 0.3) is 0 Å². The third kappa shape index (κ3) is 7.62. The first-order valence-electron chi connectivity index (χ1n) is 11.6. The maximum absolute atomic E-state index is 13.2. The van der Waals surface area contributed by atoms with Gasteiger partial charge in [0.05, 0.1) is 19.2 Å². The molecule has 2 amide bonds. The van der Waals surface area contributed by atoms with E-state index in [9.17, 15) is 14.4 Å². The van der Waals surface area contributed by atoms with Gasteiger partial charge in [0.1, 0.15) is 11.6 Å². The lowest BCUT2D eigenvalue weighted by atomic mass is 9.94. The number of unbranched alkanes of at least 4 members (excludes halogenated alkanes) is 4. The standard InChI is InChI=1S/C25H38N2O5/c1-6-7-8-9-10-14-19(17-22(28)32-25(2,3)4)23(29)26-20-16-18-13-11-12-15-21(18)27(31-5)24(20)30/h11-13,15,19-20H,6-10,14,16-17H2,1-5H3,(H,26,29)/t19-,20+/m1/s1. The number of hydrogen-bond acceptors (Lipinski definition) is 5. The molecule has 0 saturated carbocycles. The van der Waals surface area contributed by atoms with E-state index in [0.29, 0.717) is 18.5 Å². The Bertz CT molecular complexity index is 787. The number of carbonyl (C=O) groups is 3. The fraction of sp³-hybridized carbons (Fsp3) is 0.640. The summed E-state index contributed by atoms with van der Waals surface area (Å²) in [5.74, 6) is -1.55. The highest BCUT2D eigenvalue weighted by Crippen LogP contribution is 2.28. The van der Waals surface area contributed by atoms with Gasteiger partial charge in [0.2, 0.25) is 5.91 Å². The van der Waals surface area contributed by atoms with Crippen molar-refractivity contribution in [1.82, 2.24) is 5.32 Å². The Morgan fingerprint density at radius 3 is 2.50 bits per heavy atom. The normalized spacial score (nSPS) is 17.0. The summed E-state index contributed by atoms with van der Waals surface area (Å²) in [4.78, 5) is 43.8. The van der Waals surface area contributed by atoms with E-state index < -0.39 is 23.5 Å². The van der Waals surface area contributed by atoms with Gasteiger partial charge in [-0.25, -0.2) is 0 Å². The maximum Gasteiger partial charge on any atom is 0.307 e. The van der Waals surface area contributed by atoms with Crippen LogP contribution < -0.4 is 10.4 Å². The molecule has 1 aliphatic rings. The van der Waals surface area contributed by atoms with Gasteiger partial charge in [-0.15, -0.1) is 0 Å². The molecular formula is C25H38N2O5. The van der Waals surface area contributed by atoms with Gasteiger partial charge in [0.25, 0.3) is 5.91 Å². The Kier molecular flexibility index (Phi) is 9.69. The monoisotopic (exact) mass is 446 g/mol. The van der Waals surface area contributed by atoms with Gasteiger partial charge in [-0.3, -0.25) is 19.2 Å². The average Bonchev–Trinajstić information content (AvgIpc) is 2.72. The number of benzene rings is 1. The van der Waals surface area contributed by atoms with Crippen LogP contribution in [-0.2, 0) is 30.4 Å². The van der Waals surface area contributed by atoms with Crippen molar-refractivity contribution >= 4 is 23.5 Å². The lowest BCUT2D eigenvalue weighted by Gasteiger charge is -2.33. The second-order valence-electron chi connectivity index (χ2n) is 9.40. The van der Waals surface area contributed by atoms with Gasteiger partial charge in [0.15, 0.2) is 0 Å². The molecule has 2 atom stereocenters. The molecule has 178 valence electrons. The Hall–Kier alpha value is -2.41. The molecule has 0 spiro atoms. The van der Waals surface area contributed by atoms with E-state index in [2.05, 4.69) is 12.2 Å². The number of nitrogens with one attached hydrogen (secondary N) is 1. The summed E-state index contributed by atoms with van der Waals surface area (Å²) in [7, 11) is 1.43. The highest BCUT2D eigenvalue weighted by atomic mass is 16.7. The number of nitrogens with zero attached hydrogens (tertiary/aromatic N) is 1. The lowest BCUT2D eigenvalue weighted by Crippen LogP contribution is -2.53. The van der Waals surface area contributed by atoms with E-state index in [1.807, 2.05) is 45.0 Å². The van der Waals surface area contributed by atoms with Crippen molar-refractivity contribution in [3.63, 3.8) is 0 Å². The molecule has 0 fully saturated rings. The maximum atomic E-state index is 13.2. The van der Waals surface area contributed by atoms with Crippen LogP contribution in [0, 0.1) is 5.92 Å². The zero-order chi connectivity index (χ0) is 23.7. The Morgan fingerprint density at radius 2 is 1.84 bits per heavy atom. The number of hydroxylamine groups is 1. The topological polar surface area (TPSA) is 84.9 Å². The second-order valence-corrected chi connectivity index (χ2v) is 9.40. The molecule has 32 heavy (non-hydrogen) atoms. The summed E-state index contributed by atoms with van der Waals surface area (Å²) in [6, 6.07) is 6.73. The molecule has 2 rings (SSSR count). The van der Waals surface area contributed by atoms with E-state index in [1.54, 1.807) is 0 Å². The quantitative estimate of drug-likeness (QED) is 0.404. The number of hydrogen-bond donors (Lipinski definition) is 1. The van der Waals surface area contributed by atoms with Crippen molar-refractivity contribution in [2.24, 2.45) is 5.92 Å². The van der Waals surface area contributed by atoms with Gasteiger partial charge in [-0.2, -0.15) is 5.06 Å². The van der Waals surface area contributed by atoms with Gasteiger partial charge < -0.3 is 10.1 Å². The number of carbonyl (C=O) groups excluding carboxylic acids is 3. The predicted molar refractivity (Wildman–Crippen MR) is 124 cm³/mol. The summed E-state index contributed by atoms with van der Waals surface area (Å²) in [6.07, 6.45) is 6.25. The summed E-state index contributed by atoms with van der Waals surface area (Å²) < 4.78 is 5.44. The molecule has 0 saturated heterocycles. The van der Waals surface area contributed by atoms with Crippen molar-refractivity contribution in [2.75, 3.05) is 12.2 Å². The van der Waals surface area contributed by atoms with Crippen LogP contribution in [0.1, 0.15) is 78.2 Å². The van der Waals surface area contributed by atoms with Crippen LogP contribution in [0.5, 0.6) is 0 Å². The Morgan fingerprint density at radius 1 is 1.16 bits per heavy atom. The fourth-order valence-corrected chi connectivity index (χ4v) is 3.94. The smallest absolute Gasteiger partial charge is 0.307 e. The molecule has 1 aromatic rings. The lowest BCUT2D eigenvalue weighted by molar-refractivity contribution is -0.157. The predicted octanol–water partition coefficient (Wildman–Crippen LogP) is 4.33. The zero-order valence-electron chi connectivity index (χ0n) is 20.1. The Labute approximate surface area is 191 Å². The number of amides is 2. The van der Waals surface area contributed by atoms with Crippen LogP contribution in [0.2, 0.25) is 0 Å². The SMILES string of the molecule is CCCCCCC[C@H](CC(=O)OC(C)(C)C)C(=O)N[C@H]1Cc2ccccc2N(OC)C1=O. The van der Waals surface area contributed by atoms with Crippen molar-refractivity contribution in [1.29, 1.82) is 0 Å². The first kappa shape index (κ1) is 25.8. The molecule has 0 aromatic heterocycles. The molecule has 1 aromatic carbocycles. The third-order valence-electron chi connectivity index (χ3n) is 5.49. The Balaban J connectivity index is 2.08. The minimum absolute atomic E-state index is 0.00235. The van der Waals surface area contributed by atoms with Crippen molar-refractivity contribution < 1.29 is 24.0 Å². The van der Waals surface area contributed by atoms with Gasteiger partial charge in [-0.1, -0.05) is 57.2 Å². The number of rotatable bonds is 11. The van der Waals surface area contributed by atoms with E-state index in [1.165, 1.54) is 12.2 Å². The zero-order valence-corrected chi connectivity index (χ0v) is 20.1. The van der Waals surface area contributed by atoms with Crippen LogP contribution in [0.4, 0.5) is 5.69 Å². The first-order valence-corrected chi connectivity index (χ1v) is 11.6. The molecule has 0 aliphatic carbocycles. The molecule has 7 heteroatoms.